The number of hydrogen-bond acceptors (Lipinski definition) is 3. The summed E-state index contributed by atoms with van der Waals surface area (Å²) < 4.78 is 2.05. The number of aryl methyl sites for hydroxylation is 3. The third kappa shape index (κ3) is 2.04. The smallest absolute Gasteiger partial charge is 0.202 e. The van der Waals surface area contributed by atoms with E-state index in [1.807, 2.05) is 0 Å². The van der Waals surface area contributed by atoms with Gasteiger partial charge in [-0.05, 0) is 32.4 Å². The average Bonchev–Trinajstić information content (AvgIpc) is 2.80. The van der Waals surface area contributed by atoms with Crippen LogP contribution in [0.1, 0.15) is 24.0 Å². The molecule has 2 heterocycles. The molecular weight excluding hydrogens is 206 g/mol. The second kappa shape index (κ2) is 4.06. The van der Waals surface area contributed by atoms with Gasteiger partial charge >= 0.3 is 0 Å². The highest BCUT2D eigenvalue weighted by molar-refractivity contribution is 7.13. The predicted molar refractivity (Wildman–Crippen MR) is 64.4 cm³/mol. The summed E-state index contributed by atoms with van der Waals surface area (Å²) in [7, 11) is 0. The van der Waals surface area contributed by atoms with Gasteiger partial charge in [0.2, 0.25) is 5.13 Å². The third-order valence-electron chi connectivity index (χ3n) is 2.39. The maximum atomic E-state index is 4.47. The van der Waals surface area contributed by atoms with Crippen LogP contribution in [0, 0.1) is 13.8 Å². The van der Waals surface area contributed by atoms with Crippen molar-refractivity contribution < 1.29 is 0 Å². The molecule has 2 aromatic heterocycles. The van der Waals surface area contributed by atoms with Crippen molar-refractivity contribution in [1.82, 2.24) is 9.66 Å². The first-order valence-corrected chi connectivity index (χ1v) is 5.95. The van der Waals surface area contributed by atoms with Gasteiger partial charge in [-0.25, -0.2) is 4.98 Å². The van der Waals surface area contributed by atoms with E-state index >= 15 is 0 Å². The van der Waals surface area contributed by atoms with Crippen LogP contribution in [0.4, 0.5) is 5.13 Å². The summed E-state index contributed by atoms with van der Waals surface area (Å²) >= 11 is 1.65. The zero-order valence-corrected chi connectivity index (χ0v) is 10.1. The minimum absolute atomic E-state index is 0.953. The van der Waals surface area contributed by atoms with Gasteiger partial charge < -0.3 is 0 Å². The summed E-state index contributed by atoms with van der Waals surface area (Å²) in [6.45, 7) is 6.27. The maximum absolute atomic E-state index is 4.47. The molecule has 0 unspecified atom stereocenters. The van der Waals surface area contributed by atoms with Gasteiger partial charge in [-0.3, -0.25) is 10.1 Å². The van der Waals surface area contributed by atoms with Gasteiger partial charge in [0.25, 0.3) is 0 Å². The molecule has 1 N–H and O–H groups in total. The van der Waals surface area contributed by atoms with Crippen molar-refractivity contribution in [2.75, 3.05) is 5.43 Å². The summed E-state index contributed by atoms with van der Waals surface area (Å²) in [6.07, 6.45) is 0.988. The van der Waals surface area contributed by atoms with Crippen LogP contribution in [-0.4, -0.2) is 9.66 Å². The Hall–Kier alpha value is -1.29. The summed E-state index contributed by atoms with van der Waals surface area (Å²) in [6, 6.07) is 4.19. The molecule has 2 aromatic rings. The molecule has 0 spiro atoms. The maximum Gasteiger partial charge on any atom is 0.202 e. The van der Waals surface area contributed by atoms with Crippen LogP contribution in [-0.2, 0) is 6.42 Å². The molecule has 0 aliphatic rings. The molecule has 15 heavy (non-hydrogen) atoms. The summed E-state index contributed by atoms with van der Waals surface area (Å²) in [5, 5.41) is 3.05. The molecule has 0 aromatic carbocycles. The van der Waals surface area contributed by atoms with Crippen molar-refractivity contribution in [1.29, 1.82) is 0 Å². The lowest BCUT2D eigenvalue weighted by Gasteiger charge is -2.09. The number of rotatable bonds is 3. The lowest BCUT2D eigenvalue weighted by molar-refractivity contribution is 0.874. The number of thiazole rings is 1. The van der Waals surface area contributed by atoms with Gasteiger partial charge in [-0.15, -0.1) is 11.3 Å². The fourth-order valence-corrected chi connectivity index (χ4v) is 2.24. The first-order valence-electron chi connectivity index (χ1n) is 5.07. The fourth-order valence-electron chi connectivity index (χ4n) is 1.46. The lowest BCUT2D eigenvalue weighted by atomic mass is 10.4. The van der Waals surface area contributed by atoms with Crippen molar-refractivity contribution in [3.8, 4) is 0 Å². The molecule has 0 aliphatic heterocycles. The predicted octanol–water partition coefficient (Wildman–Crippen LogP) is 3.00. The van der Waals surface area contributed by atoms with E-state index in [4.69, 9.17) is 0 Å². The van der Waals surface area contributed by atoms with Crippen LogP contribution in [0.25, 0.3) is 0 Å². The molecule has 2 rings (SSSR count). The minimum atomic E-state index is 0.953. The van der Waals surface area contributed by atoms with E-state index in [1.165, 1.54) is 11.4 Å². The van der Waals surface area contributed by atoms with Gasteiger partial charge in [0, 0.05) is 16.8 Å². The normalized spacial score (nSPS) is 10.6. The third-order valence-corrected chi connectivity index (χ3v) is 3.19. The topological polar surface area (TPSA) is 29.9 Å². The number of aromatic nitrogens is 2. The molecule has 0 amide bonds. The Kier molecular flexibility index (Phi) is 2.77. The average molecular weight is 221 g/mol. The van der Waals surface area contributed by atoms with Crippen LogP contribution >= 0.6 is 11.3 Å². The van der Waals surface area contributed by atoms with Gasteiger partial charge in [0.1, 0.15) is 0 Å². The Morgan fingerprint density at radius 2 is 2.00 bits per heavy atom. The van der Waals surface area contributed by atoms with Crippen molar-refractivity contribution >= 4 is 16.5 Å². The Morgan fingerprint density at radius 1 is 1.33 bits per heavy atom. The molecule has 4 heteroatoms. The molecule has 0 bridgehead atoms. The van der Waals surface area contributed by atoms with Crippen molar-refractivity contribution in [3.05, 3.63) is 34.6 Å². The number of nitrogens with zero attached hydrogens (tertiary/aromatic N) is 2. The molecule has 0 aliphatic carbocycles. The highest BCUT2D eigenvalue weighted by atomic mass is 32.1. The molecule has 0 fully saturated rings. The molecule has 0 radical (unpaired) electrons. The Bertz CT molecular complexity index is 437. The SMILES string of the molecule is CCc1csc(Nn2c(C)ccc2C)n1. The molecule has 0 saturated carbocycles. The summed E-state index contributed by atoms with van der Waals surface area (Å²) in [4.78, 5) is 4.47. The molecular formula is C11H15N3S. The number of anilines is 1. The second-order valence-corrected chi connectivity index (χ2v) is 4.42. The first-order chi connectivity index (χ1) is 7.20. The molecule has 80 valence electrons. The van der Waals surface area contributed by atoms with Gasteiger partial charge in [0.05, 0.1) is 5.69 Å². The van der Waals surface area contributed by atoms with Crippen molar-refractivity contribution in [2.24, 2.45) is 0 Å². The first kappa shape index (κ1) is 10.2. The van der Waals surface area contributed by atoms with Crippen LogP contribution in [0.15, 0.2) is 17.5 Å². The molecule has 3 nitrogen and oxygen atoms in total. The molecule has 0 atom stereocenters. The second-order valence-electron chi connectivity index (χ2n) is 3.56. The lowest BCUT2D eigenvalue weighted by Crippen LogP contribution is -2.11. The Labute approximate surface area is 93.7 Å². The standard InChI is InChI=1S/C11H15N3S/c1-4-10-7-15-11(12-10)13-14-8(2)5-6-9(14)3/h5-7H,4H2,1-3H3,(H,12,13). The van der Waals surface area contributed by atoms with Crippen molar-refractivity contribution in [3.63, 3.8) is 0 Å². The summed E-state index contributed by atoms with van der Waals surface area (Å²) in [5.74, 6) is 0. The summed E-state index contributed by atoms with van der Waals surface area (Å²) in [5.41, 5.74) is 6.83. The Balaban J connectivity index is 2.21. The number of hydrogen-bond donors (Lipinski definition) is 1. The van der Waals surface area contributed by atoms with E-state index in [9.17, 15) is 0 Å². The van der Waals surface area contributed by atoms with E-state index in [1.54, 1.807) is 11.3 Å². The zero-order chi connectivity index (χ0) is 10.8. The van der Waals surface area contributed by atoms with Crippen LogP contribution < -0.4 is 5.43 Å². The van der Waals surface area contributed by atoms with E-state index in [-0.39, 0.29) is 0 Å². The van der Waals surface area contributed by atoms with Gasteiger partial charge in [0.15, 0.2) is 0 Å². The highest BCUT2D eigenvalue weighted by Gasteiger charge is 2.03. The fraction of sp³-hybridized carbons (Fsp3) is 0.364. The van der Waals surface area contributed by atoms with E-state index in [0.717, 1.165) is 17.2 Å². The van der Waals surface area contributed by atoms with Crippen LogP contribution in [0.3, 0.4) is 0 Å². The highest BCUT2D eigenvalue weighted by Crippen LogP contribution is 2.17. The van der Waals surface area contributed by atoms with E-state index < -0.39 is 0 Å². The minimum Gasteiger partial charge on any atom is -0.269 e. The Morgan fingerprint density at radius 3 is 2.53 bits per heavy atom. The van der Waals surface area contributed by atoms with Gasteiger partial charge in [-0.1, -0.05) is 6.92 Å². The van der Waals surface area contributed by atoms with Crippen molar-refractivity contribution in [2.45, 2.75) is 27.2 Å². The van der Waals surface area contributed by atoms with Crippen LogP contribution in [0.5, 0.6) is 0 Å². The molecule has 0 saturated heterocycles. The van der Waals surface area contributed by atoms with E-state index in [0.29, 0.717) is 0 Å². The van der Waals surface area contributed by atoms with Crippen LogP contribution in [0.2, 0.25) is 0 Å². The van der Waals surface area contributed by atoms with E-state index in [2.05, 4.69) is 53.4 Å². The van der Waals surface area contributed by atoms with Gasteiger partial charge in [-0.2, -0.15) is 0 Å². The quantitative estimate of drug-likeness (QED) is 0.863. The monoisotopic (exact) mass is 221 g/mol. The largest absolute Gasteiger partial charge is 0.269 e. The zero-order valence-electron chi connectivity index (χ0n) is 9.24. The number of nitrogens with one attached hydrogen (secondary N) is 1.